The van der Waals surface area contributed by atoms with Crippen LogP contribution in [0.1, 0.15) is 85.0 Å². The molecule has 2 nitrogen and oxygen atoms in total. The number of hydrogen-bond donors (Lipinski definition) is 0. The number of esters is 1. The van der Waals surface area contributed by atoms with Gasteiger partial charge in [0, 0.05) is 11.5 Å². The van der Waals surface area contributed by atoms with E-state index in [1.807, 2.05) is 0 Å². The van der Waals surface area contributed by atoms with Crippen LogP contribution in [0, 0.1) is 5.41 Å². The third kappa shape index (κ3) is 10.1. The van der Waals surface area contributed by atoms with Crippen LogP contribution in [0.2, 0.25) is 0 Å². The Hall–Kier alpha value is -0.790. The first kappa shape index (κ1) is 19.2. The third-order valence-electron chi connectivity index (χ3n) is 4.00. The molecule has 0 aliphatic heterocycles. The van der Waals surface area contributed by atoms with Gasteiger partial charge in [0.2, 0.25) is 0 Å². The van der Waals surface area contributed by atoms with Crippen LogP contribution in [0.5, 0.6) is 0 Å². The van der Waals surface area contributed by atoms with Gasteiger partial charge in [-0.15, -0.1) is 0 Å². The maximum Gasteiger partial charge on any atom is 0.330 e. The van der Waals surface area contributed by atoms with Crippen LogP contribution in [-0.2, 0) is 9.53 Å². The summed E-state index contributed by atoms with van der Waals surface area (Å²) in [4.78, 5) is 11.3. The Morgan fingerprint density at radius 2 is 1.50 bits per heavy atom. The molecule has 0 amide bonds. The molecule has 0 saturated carbocycles. The minimum Gasteiger partial charge on any atom is -0.462 e. The average Bonchev–Trinajstić information content (AvgIpc) is 2.46. The molecular formula is C18H34O2. The first-order valence-electron chi connectivity index (χ1n) is 8.37. The maximum atomic E-state index is 11.3. The summed E-state index contributed by atoms with van der Waals surface area (Å²) in [6, 6.07) is 0. The Labute approximate surface area is 126 Å². The van der Waals surface area contributed by atoms with Crippen LogP contribution in [0.25, 0.3) is 0 Å². The van der Waals surface area contributed by atoms with Crippen molar-refractivity contribution in [3.05, 3.63) is 12.7 Å². The molecule has 118 valence electrons. The first-order valence-corrected chi connectivity index (χ1v) is 8.37. The summed E-state index contributed by atoms with van der Waals surface area (Å²) in [6.07, 6.45) is 13.8. The van der Waals surface area contributed by atoms with Crippen LogP contribution in [0.15, 0.2) is 12.7 Å². The number of unbranched alkanes of at least 4 members (excludes halogenated alkanes) is 6. The fourth-order valence-electron chi connectivity index (χ4n) is 2.53. The van der Waals surface area contributed by atoms with Crippen molar-refractivity contribution in [2.45, 2.75) is 85.0 Å². The molecule has 0 unspecified atom stereocenters. The normalized spacial score (nSPS) is 11.3. The smallest absolute Gasteiger partial charge is 0.330 e. The first-order chi connectivity index (χ1) is 9.58. The summed E-state index contributed by atoms with van der Waals surface area (Å²) in [5.41, 5.74) is 0.139. The zero-order valence-electron chi connectivity index (χ0n) is 13.9. The monoisotopic (exact) mass is 282 g/mol. The van der Waals surface area contributed by atoms with Crippen molar-refractivity contribution < 1.29 is 9.53 Å². The summed E-state index contributed by atoms with van der Waals surface area (Å²) < 4.78 is 5.31. The molecule has 0 heterocycles. The molecule has 2 heteroatoms. The number of carbonyl (C=O) groups is 1. The predicted molar refractivity (Wildman–Crippen MR) is 86.8 cm³/mol. The molecular weight excluding hydrogens is 248 g/mol. The summed E-state index contributed by atoms with van der Waals surface area (Å²) in [5.74, 6) is -0.293. The molecule has 0 rings (SSSR count). The quantitative estimate of drug-likeness (QED) is 0.247. The van der Waals surface area contributed by atoms with Gasteiger partial charge in [0.15, 0.2) is 0 Å². The second kappa shape index (κ2) is 12.0. The summed E-state index contributed by atoms with van der Waals surface area (Å²) in [5, 5.41) is 0. The van der Waals surface area contributed by atoms with Crippen LogP contribution in [0.4, 0.5) is 0 Å². The number of ether oxygens (including phenoxy) is 1. The number of carbonyl (C=O) groups excluding carboxylic acids is 1. The molecule has 0 N–H and O–H groups in total. The molecule has 0 spiro atoms. The summed E-state index contributed by atoms with van der Waals surface area (Å²) in [7, 11) is 0. The van der Waals surface area contributed by atoms with E-state index in [0.29, 0.717) is 6.61 Å². The average molecular weight is 282 g/mol. The van der Waals surface area contributed by atoms with Crippen molar-refractivity contribution in [2.24, 2.45) is 5.41 Å². The van der Waals surface area contributed by atoms with Gasteiger partial charge in [0.1, 0.15) is 0 Å². The lowest BCUT2D eigenvalue weighted by Crippen LogP contribution is -2.25. The van der Waals surface area contributed by atoms with Crippen molar-refractivity contribution >= 4 is 5.97 Å². The van der Waals surface area contributed by atoms with Crippen LogP contribution in [0.3, 0.4) is 0 Å². The van der Waals surface area contributed by atoms with Gasteiger partial charge >= 0.3 is 5.97 Å². The maximum absolute atomic E-state index is 11.3. The Morgan fingerprint density at radius 3 is 1.90 bits per heavy atom. The van der Waals surface area contributed by atoms with Crippen LogP contribution in [-0.4, -0.2) is 12.6 Å². The van der Waals surface area contributed by atoms with Crippen molar-refractivity contribution in [3.8, 4) is 0 Å². The molecule has 0 atom stereocenters. The Balaban J connectivity index is 4.18. The van der Waals surface area contributed by atoms with Crippen molar-refractivity contribution in [1.82, 2.24) is 0 Å². The van der Waals surface area contributed by atoms with E-state index in [1.165, 1.54) is 57.4 Å². The molecule has 0 bridgehead atoms. The minimum absolute atomic E-state index is 0.139. The van der Waals surface area contributed by atoms with Crippen LogP contribution >= 0.6 is 0 Å². The molecule has 0 aliphatic rings. The fourth-order valence-corrected chi connectivity index (χ4v) is 2.53. The van der Waals surface area contributed by atoms with E-state index in [2.05, 4.69) is 27.4 Å². The number of rotatable bonds is 13. The van der Waals surface area contributed by atoms with Gasteiger partial charge in [-0.25, -0.2) is 4.79 Å². The molecule has 0 fully saturated rings. The zero-order chi connectivity index (χ0) is 15.3. The van der Waals surface area contributed by atoms with E-state index in [-0.39, 0.29) is 11.4 Å². The van der Waals surface area contributed by atoms with Crippen LogP contribution < -0.4 is 0 Å². The minimum atomic E-state index is -0.293. The van der Waals surface area contributed by atoms with Gasteiger partial charge in [-0.1, -0.05) is 78.7 Å². The summed E-state index contributed by atoms with van der Waals surface area (Å²) in [6.45, 7) is 10.7. The van der Waals surface area contributed by atoms with Crippen molar-refractivity contribution in [2.75, 3.05) is 6.61 Å². The van der Waals surface area contributed by atoms with E-state index in [4.69, 9.17) is 4.74 Å². The summed E-state index contributed by atoms with van der Waals surface area (Å²) >= 11 is 0. The predicted octanol–water partition coefficient (Wildman–Crippen LogP) is 5.66. The second-order valence-corrected chi connectivity index (χ2v) is 6.24. The molecule has 20 heavy (non-hydrogen) atoms. The van der Waals surface area contributed by atoms with E-state index >= 15 is 0 Å². The molecule has 0 aromatic heterocycles. The van der Waals surface area contributed by atoms with Gasteiger partial charge in [-0.05, 0) is 12.8 Å². The van der Waals surface area contributed by atoms with E-state index in [1.54, 1.807) is 0 Å². The highest BCUT2D eigenvalue weighted by atomic mass is 16.5. The fraction of sp³-hybridized carbons (Fsp3) is 0.833. The van der Waals surface area contributed by atoms with Gasteiger partial charge in [0.05, 0.1) is 6.61 Å². The van der Waals surface area contributed by atoms with E-state index < -0.39 is 0 Å². The SMILES string of the molecule is C=CC(=O)OCC(C)(CCCCCC)CCCCCC. The van der Waals surface area contributed by atoms with Gasteiger partial charge < -0.3 is 4.74 Å². The standard InChI is InChI=1S/C18H34O2/c1-5-8-10-12-14-18(4,15-13-11-9-6-2)16-20-17(19)7-3/h7H,3,5-6,8-16H2,1-2,4H3. The zero-order valence-corrected chi connectivity index (χ0v) is 13.9. The van der Waals surface area contributed by atoms with E-state index in [0.717, 1.165) is 12.8 Å². The molecule has 0 aromatic rings. The highest BCUT2D eigenvalue weighted by Gasteiger charge is 2.25. The lowest BCUT2D eigenvalue weighted by atomic mass is 9.80. The van der Waals surface area contributed by atoms with E-state index in [9.17, 15) is 4.79 Å². The van der Waals surface area contributed by atoms with Gasteiger partial charge in [0.25, 0.3) is 0 Å². The molecule has 0 saturated heterocycles. The number of hydrogen-bond acceptors (Lipinski definition) is 2. The van der Waals surface area contributed by atoms with Gasteiger partial charge in [-0.3, -0.25) is 0 Å². The third-order valence-corrected chi connectivity index (χ3v) is 4.00. The Morgan fingerprint density at radius 1 is 1.00 bits per heavy atom. The Bertz CT molecular complexity index is 246. The van der Waals surface area contributed by atoms with Crippen molar-refractivity contribution in [1.29, 1.82) is 0 Å². The molecule has 0 aromatic carbocycles. The lowest BCUT2D eigenvalue weighted by molar-refractivity contribution is -0.141. The van der Waals surface area contributed by atoms with Crippen molar-refractivity contribution in [3.63, 3.8) is 0 Å². The molecule has 0 aliphatic carbocycles. The lowest BCUT2D eigenvalue weighted by Gasteiger charge is -2.29. The second-order valence-electron chi connectivity index (χ2n) is 6.24. The Kier molecular flexibility index (Phi) is 11.5. The van der Waals surface area contributed by atoms with Gasteiger partial charge in [-0.2, -0.15) is 0 Å². The molecule has 0 radical (unpaired) electrons. The topological polar surface area (TPSA) is 26.3 Å². The largest absolute Gasteiger partial charge is 0.462 e. The highest BCUT2D eigenvalue weighted by molar-refractivity contribution is 5.81. The highest BCUT2D eigenvalue weighted by Crippen LogP contribution is 2.31.